The fraction of sp³-hybridized carbons (Fsp3) is 0.761. The number of aryl methyl sites for hydroxylation is 1. The molecular weight excluding hydrogens is 1720 g/mol. The van der Waals surface area contributed by atoms with Gasteiger partial charge in [0.25, 0.3) is 0 Å². The van der Waals surface area contributed by atoms with Crippen LogP contribution in [-0.4, -0.2) is 41.8 Å². The third-order valence-electron chi connectivity index (χ3n) is 30.7. The van der Waals surface area contributed by atoms with Crippen LogP contribution in [0.5, 0.6) is 5.75 Å². The molecule has 0 aliphatic heterocycles. The Kier molecular flexibility index (Phi) is 60.9. The third kappa shape index (κ3) is 53.8. The highest BCUT2D eigenvalue weighted by Gasteiger charge is 2.41. The summed E-state index contributed by atoms with van der Waals surface area (Å²) < 4.78 is 5.24. The number of ketones is 6. The smallest absolute Gasteiger partial charge is 0.137 e. The second-order valence-electron chi connectivity index (χ2n) is 55.6. The molecule has 0 aromatic heterocycles. The minimum atomic E-state index is 0.0216. The summed E-state index contributed by atoms with van der Waals surface area (Å²) in [5.41, 5.74) is 8.55. The van der Waals surface area contributed by atoms with Gasteiger partial charge < -0.3 is 4.74 Å². The molecule has 2 saturated carbocycles. The number of carbonyl (C=O) groups excluding carboxylic acids is 6. The van der Waals surface area contributed by atoms with Crippen molar-refractivity contribution in [1.29, 1.82) is 0 Å². The first kappa shape index (κ1) is 131. The van der Waals surface area contributed by atoms with Crippen molar-refractivity contribution in [3.63, 3.8) is 0 Å². The Hall–Kier alpha value is -5.56. The molecule has 7 heteroatoms. The maximum Gasteiger partial charge on any atom is 0.137 e. The van der Waals surface area contributed by atoms with E-state index in [1.54, 1.807) is 7.11 Å². The van der Waals surface area contributed by atoms with Gasteiger partial charge in [0.05, 0.1) is 7.11 Å². The predicted molar refractivity (Wildman–Crippen MR) is 615 cm³/mol. The van der Waals surface area contributed by atoms with E-state index in [9.17, 15) is 28.8 Å². The Bertz CT molecular complexity index is 4070. The molecule has 0 N–H and O–H groups in total. The molecule has 0 unspecified atom stereocenters. The van der Waals surface area contributed by atoms with Crippen molar-refractivity contribution in [2.24, 2.45) is 181 Å². The van der Waals surface area contributed by atoms with Gasteiger partial charge in [-0.25, -0.2) is 0 Å². The lowest BCUT2D eigenvalue weighted by molar-refractivity contribution is -0.130. The number of hydrogen-bond acceptors (Lipinski definition) is 7. The molecule has 4 aromatic carbocycles. The normalized spacial score (nSPS) is 16.8. The highest BCUT2D eigenvalue weighted by molar-refractivity contribution is 5.85. The highest BCUT2D eigenvalue weighted by Crippen LogP contribution is 2.45. The zero-order valence-corrected chi connectivity index (χ0v) is 100. The number of allylic oxidation sites excluding steroid dienone is 2. The molecule has 141 heavy (non-hydrogen) atoms. The molecule has 7 nitrogen and oxygen atoms in total. The summed E-state index contributed by atoms with van der Waals surface area (Å²) in [5, 5.41) is 0. The van der Waals surface area contributed by atoms with Gasteiger partial charge >= 0.3 is 0 Å². The summed E-state index contributed by atoms with van der Waals surface area (Å²) in [5.74, 6) is 15.9. The topological polar surface area (TPSA) is 112 Å². The SMILES string of the molecule is CC(C)C[C@@H](CC(=O)[C@@H](C(C)C)C(C)(C)C)CC1=CCc2ccccc21.CC(C)C[C@@H](CC(=O)[C@@H](C(C)C)C(C)(C)C)CC1CCCCC1.CC(C)C[C@@H](CC(=O)[C@@H](C(C)C)C(C)(C)C)Cc1ccccc1.CC(C)C[C@H](C)CC(=O)[C@H](CC1CCCCC1)C(C)C.CC(C)C[C@H](CCc1ccccc1)CC(=O)[C@@H](C(C)C)C(C)(C)C.COc1ccc(C[C@H](CC(=O)[C@@H](C(C)C)C(C)(C)C)CC(C)C)cc1. The number of ether oxygens (including phenoxy) is 1. The molecule has 3 aliphatic carbocycles. The van der Waals surface area contributed by atoms with Crippen molar-refractivity contribution in [1.82, 2.24) is 0 Å². The summed E-state index contributed by atoms with van der Waals surface area (Å²) in [6.45, 7) is 89.0. The van der Waals surface area contributed by atoms with Crippen LogP contribution in [0.2, 0.25) is 0 Å². The van der Waals surface area contributed by atoms with Gasteiger partial charge in [0.15, 0.2) is 0 Å². The van der Waals surface area contributed by atoms with Crippen LogP contribution in [0.1, 0.15) is 472 Å². The third-order valence-corrected chi connectivity index (χ3v) is 30.7. The van der Waals surface area contributed by atoms with Crippen LogP contribution in [0.15, 0.2) is 115 Å². The van der Waals surface area contributed by atoms with Gasteiger partial charge in [0, 0.05) is 74.0 Å². The first-order valence-electron chi connectivity index (χ1n) is 58.0. The minimum absolute atomic E-state index is 0.0216. The Labute approximate surface area is 874 Å². The Balaban J connectivity index is 0.000000573. The van der Waals surface area contributed by atoms with Gasteiger partial charge in [-0.15, -0.1) is 0 Å². The van der Waals surface area contributed by atoms with E-state index < -0.39 is 0 Å². The predicted octanol–water partition coefficient (Wildman–Crippen LogP) is 38.6. The monoisotopic (exact) mass is 1950 g/mol. The van der Waals surface area contributed by atoms with Crippen LogP contribution in [0.3, 0.4) is 0 Å². The zero-order chi connectivity index (χ0) is 107. The maximum absolute atomic E-state index is 13.2. The quantitative estimate of drug-likeness (QED) is 0.0433. The molecule has 0 heterocycles. The van der Waals surface area contributed by atoms with E-state index in [1.807, 2.05) is 12.1 Å². The summed E-state index contributed by atoms with van der Waals surface area (Å²) in [7, 11) is 1.69. The van der Waals surface area contributed by atoms with Crippen LogP contribution >= 0.6 is 0 Å². The lowest BCUT2D eigenvalue weighted by atomic mass is 9.69. The van der Waals surface area contributed by atoms with E-state index in [4.69, 9.17) is 4.74 Å². The van der Waals surface area contributed by atoms with E-state index in [0.717, 1.165) is 114 Å². The fourth-order valence-electron chi connectivity index (χ4n) is 26.7. The molecule has 3 aliphatic rings. The van der Waals surface area contributed by atoms with E-state index in [2.05, 4.69) is 380 Å². The van der Waals surface area contributed by atoms with Gasteiger partial charge in [-0.1, -0.05) is 444 Å². The number of carbonyl (C=O) groups is 6. The van der Waals surface area contributed by atoms with Gasteiger partial charge in [-0.05, 0) is 281 Å². The molecule has 0 amide bonds. The lowest BCUT2D eigenvalue weighted by Gasteiger charge is -2.35. The Morgan fingerprint density at radius 3 is 0.929 bits per heavy atom. The van der Waals surface area contributed by atoms with Crippen LogP contribution in [0, 0.1) is 181 Å². The van der Waals surface area contributed by atoms with Gasteiger partial charge in [0.2, 0.25) is 0 Å². The van der Waals surface area contributed by atoms with Gasteiger partial charge in [-0.3, -0.25) is 28.8 Å². The van der Waals surface area contributed by atoms with Crippen molar-refractivity contribution in [2.75, 3.05) is 7.11 Å². The van der Waals surface area contributed by atoms with Crippen molar-refractivity contribution in [2.45, 2.75) is 470 Å². The molecule has 0 bridgehead atoms. The molecular formula is C134H228O7. The molecule has 0 spiro atoms. The number of methoxy groups -OCH3 is 1. The maximum atomic E-state index is 13.2. The Morgan fingerprint density at radius 2 is 0.596 bits per heavy atom. The number of fused-ring (bicyclic) bond motifs is 1. The number of benzene rings is 4. The largest absolute Gasteiger partial charge is 0.497 e. The average Bonchev–Trinajstić information content (AvgIpc) is 1.54. The molecule has 0 saturated heterocycles. The first-order valence-corrected chi connectivity index (χ1v) is 58.0. The molecule has 12 atom stereocenters. The van der Waals surface area contributed by atoms with Crippen molar-refractivity contribution < 1.29 is 33.5 Å². The van der Waals surface area contributed by atoms with E-state index in [-0.39, 0.29) is 56.7 Å². The van der Waals surface area contributed by atoms with E-state index >= 15 is 0 Å². The fourth-order valence-corrected chi connectivity index (χ4v) is 26.7. The second kappa shape index (κ2) is 65.3. The zero-order valence-electron chi connectivity index (χ0n) is 100. The molecule has 2 fully saturated rings. The van der Waals surface area contributed by atoms with Crippen LogP contribution < -0.4 is 4.74 Å². The van der Waals surface area contributed by atoms with Crippen molar-refractivity contribution in [3.8, 4) is 5.75 Å². The van der Waals surface area contributed by atoms with E-state index in [1.165, 1.54) is 117 Å². The molecule has 7 rings (SSSR count). The van der Waals surface area contributed by atoms with Crippen LogP contribution in [-0.2, 0) is 54.5 Å². The summed E-state index contributed by atoms with van der Waals surface area (Å²) >= 11 is 0. The van der Waals surface area contributed by atoms with Gasteiger partial charge in [0.1, 0.15) is 40.4 Å². The number of Topliss-reactive ketones (excluding diaryl/α,β-unsaturated/α-hetero) is 6. The average molecular weight is 1950 g/mol. The Morgan fingerprint density at radius 1 is 0.298 bits per heavy atom. The van der Waals surface area contributed by atoms with Crippen molar-refractivity contribution in [3.05, 3.63) is 143 Å². The number of rotatable bonds is 50. The molecule has 806 valence electrons. The van der Waals surface area contributed by atoms with Gasteiger partial charge in [-0.2, -0.15) is 0 Å². The summed E-state index contributed by atoms with van der Waals surface area (Å²) in [6, 6.07) is 38.3. The summed E-state index contributed by atoms with van der Waals surface area (Å²) in [4.78, 5) is 78.1. The first-order chi connectivity index (χ1) is 65.4. The highest BCUT2D eigenvalue weighted by atomic mass is 16.5. The molecule has 0 radical (unpaired) electrons. The standard InChI is InChI=1S/C25H38O.C23H38O2.C23H38O.C22H42O.C22H36O.C19H36O/c1-17(2)14-19(16-23(26)24(18(3)4)25(5,6)7)15-21-13-12-20-10-8-9-11-22(20)21;1-16(2)13-19(14-18-9-11-20(25-8)12-10-18)15-21(24)22(17(3)4)23(5,6)7;1-17(2)15-20(14-13-19-11-9-8-10-12-19)16-21(24)22(18(3)4)23(5,6)7;2*1-16(2)13-19(14-18-11-9-8-10-12-18)15-20(23)21(17(3)4)22(5,6)7;1-14(2)11-16(5)12-19(20)18(15(3)4)13-17-9-7-6-8-10-17/h8-11,13,17-19,24H,12,14-16H2,1-7H3;9-12,16-17,19,22H,13-15H2,1-8H3;8-12,17-18,20,22H,13-16H2,1-7H3;16-19,21H,8-15H2,1-7H3;8-12,16-17,19,21H,13-15H2,1-7H3;14-18H,6-13H2,1-5H3/t19-,24-;19-,22-;20-,22+;2*19-,21-;16-,18+/m110110/s1. The second-order valence-corrected chi connectivity index (χ2v) is 55.6. The minimum Gasteiger partial charge on any atom is -0.497 e. The molecule has 4 aromatic rings. The van der Waals surface area contributed by atoms with E-state index in [0.29, 0.717) is 160 Å². The van der Waals surface area contributed by atoms with Crippen molar-refractivity contribution >= 4 is 40.3 Å². The number of hydrogen-bond donors (Lipinski definition) is 0. The summed E-state index contributed by atoms with van der Waals surface area (Å²) in [6.07, 6.45) is 36.4. The van der Waals surface area contributed by atoms with Crippen LogP contribution in [0.4, 0.5) is 0 Å². The van der Waals surface area contributed by atoms with Crippen LogP contribution in [0.25, 0.3) is 5.57 Å². The lowest BCUT2D eigenvalue weighted by Crippen LogP contribution is -2.34.